The second-order valence-electron chi connectivity index (χ2n) is 4.38. The van der Waals surface area contributed by atoms with Gasteiger partial charge < -0.3 is 10.2 Å². The van der Waals surface area contributed by atoms with Crippen LogP contribution in [-0.2, 0) is 10.0 Å². The zero-order valence-electron chi connectivity index (χ0n) is 10.6. The number of aromatic nitrogens is 1. The molecule has 0 unspecified atom stereocenters. The Morgan fingerprint density at radius 1 is 1.28 bits per heavy atom. The monoisotopic (exact) mass is 270 g/mol. The van der Waals surface area contributed by atoms with Gasteiger partial charge in [-0.2, -0.15) is 0 Å². The van der Waals surface area contributed by atoms with Crippen molar-refractivity contribution < 1.29 is 8.42 Å². The number of hydrogen-bond donors (Lipinski definition) is 1. The maximum atomic E-state index is 11.9. The zero-order chi connectivity index (χ0) is 13.2. The molecule has 18 heavy (non-hydrogen) atoms. The summed E-state index contributed by atoms with van der Waals surface area (Å²) in [6.07, 6.45) is 1.42. The fourth-order valence-electron chi connectivity index (χ4n) is 1.82. The molecule has 1 aliphatic rings. The van der Waals surface area contributed by atoms with Gasteiger partial charge in [0.1, 0.15) is 10.7 Å². The van der Waals surface area contributed by atoms with Crippen LogP contribution in [0.15, 0.2) is 23.2 Å². The number of rotatable bonds is 3. The van der Waals surface area contributed by atoms with Gasteiger partial charge in [0.05, 0.1) is 0 Å². The first-order chi connectivity index (χ1) is 8.51. The van der Waals surface area contributed by atoms with Gasteiger partial charge in [-0.25, -0.2) is 17.7 Å². The van der Waals surface area contributed by atoms with Crippen molar-refractivity contribution in [3.05, 3.63) is 18.3 Å². The molecule has 2 rings (SSSR count). The summed E-state index contributed by atoms with van der Waals surface area (Å²) in [5.41, 5.74) is 0. The lowest BCUT2D eigenvalue weighted by Crippen LogP contribution is -2.43. The lowest BCUT2D eigenvalue weighted by Gasteiger charge is -2.28. The van der Waals surface area contributed by atoms with E-state index in [0.29, 0.717) is 0 Å². The lowest BCUT2D eigenvalue weighted by atomic mass is 10.3. The zero-order valence-corrected chi connectivity index (χ0v) is 11.4. The van der Waals surface area contributed by atoms with Crippen molar-refractivity contribution in [2.45, 2.75) is 4.90 Å². The number of sulfonamides is 1. The van der Waals surface area contributed by atoms with Crippen LogP contribution in [0.4, 0.5) is 5.82 Å². The molecule has 0 bridgehead atoms. The number of pyridine rings is 1. The van der Waals surface area contributed by atoms with Gasteiger partial charge >= 0.3 is 0 Å². The fourth-order valence-corrected chi connectivity index (χ4v) is 2.66. The van der Waals surface area contributed by atoms with E-state index in [2.05, 4.69) is 15.2 Å². The van der Waals surface area contributed by atoms with Gasteiger partial charge in [-0.15, -0.1) is 0 Å². The van der Waals surface area contributed by atoms with Gasteiger partial charge in [0.25, 0.3) is 0 Å². The van der Waals surface area contributed by atoms with Crippen LogP contribution in [0, 0.1) is 0 Å². The van der Waals surface area contributed by atoms with Crippen LogP contribution in [-0.4, -0.2) is 58.0 Å². The van der Waals surface area contributed by atoms with E-state index in [1.165, 1.54) is 24.6 Å². The van der Waals surface area contributed by atoms with E-state index in [-0.39, 0.29) is 4.90 Å². The predicted octanol–water partition coefficient (Wildman–Crippen LogP) is -0.258. The average Bonchev–Trinajstić information content (AvgIpc) is 2.40. The molecular formula is C11H18N4O2S. The van der Waals surface area contributed by atoms with Crippen molar-refractivity contribution in [3.8, 4) is 0 Å². The molecule has 0 amide bonds. The normalized spacial score (nSPS) is 17.2. The van der Waals surface area contributed by atoms with Crippen LogP contribution in [0.25, 0.3) is 0 Å². The molecule has 1 N–H and O–H groups in total. The number of piperazine rings is 1. The minimum atomic E-state index is -3.38. The first kappa shape index (κ1) is 13.3. The standard InChI is InChI=1S/C11H18N4O2S/c1-14(2)18(16,17)10-3-4-11(13-9-10)15-7-5-12-6-8-15/h3-4,9,12H,5-8H2,1-2H3. The molecular weight excluding hydrogens is 252 g/mol. The van der Waals surface area contributed by atoms with Crippen LogP contribution in [0.3, 0.4) is 0 Å². The van der Waals surface area contributed by atoms with Gasteiger partial charge in [-0.05, 0) is 12.1 Å². The third kappa shape index (κ3) is 2.63. The van der Waals surface area contributed by atoms with Crippen molar-refractivity contribution in [1.29, 1.82) is 0 Å². The highest BCUT2D eigenvalue weighted by Crippen LogP contribution is 2.16. The maximum absolute atomic E-state index is 11.9. The van der Waals surface area contributed by atoms with Gasteiger partial charge in [0.15, 0.2) is 0 Å². The Morgan fingerprint density at radius 3 is 2.44 bits per heavy atom. The van der Waals surface area contributed by atoms with Crippen LogP contribution in [0.1, 0.15) is 0 Å². The quantitative estimate of drug-likeness (QED) is 0.820. The summed E-state index contributed by atoms with van der Waals surface area (Å²) < 4.78 is 25.0. The predicted molar refractivity (Wildman–Crippen MR) is 70.2 cm³/mol. The first-order valence-electron chi connectivity index (χ1n) is 5.86. The number of nitrogens with zero attached hydrogens (tertiary/aromatic N) is 3. The molecule has 2 heterocycles. The highest BCUT2D eigenvalue weighted by atomic mass is 32.2. The summed E-state index contributed by atoms with van der Waals surface area (Å²) in [6.45, 7) is 3.65. The largest absolute Gasteiger partial charge is 0.354 e. The number of nitrogens with one attached hydrogen (secondary N) is 1. The lowest BCUT2D eigenvalue weighted by molar-refractivity contribution is 0.520. The smallest absolute Gasteiger partial charge is 0.244 e. The molecule has 0 aromatic carbocycles. The topological polar surface area (TPSA) is 65.5 Å². The molecule has 1 fully saturated rings. The molecule has 1 saturated heterocycles. The van der Waals surface area contributed by atoms with E-state index >= 15 is 0 Å². The van der Waals surface area contributed by atoms with Crippen molar-refractivity contribution >= 4 is 15.8 Å². The average molecular weight is 270 g/mol. The Morgan fingerprint density at radius 2 is 1.94 bits per heavy atom. The molecule has 0 radical (unpaired) electrons. The highest BCUT2D eigenvalue weighted by molar-refractivity contribution is 7.89. The van der Waals surface area contributed by atoms with E-state index < -0.39 is 10.0 Å². The van der Waals surface area contributed by atoms with Crippen LogP contribution in [0.2, 0.25) is 0 Å². The highest BCUT2D eigenvalue weighted by Gasteiger charge is 2.18. The second-order valence-corrected chi connectivity index (χ2v) is 6.53. The Balaban J connectivity index is 2.20. The maximum Gasteiger partial charge on any atom is 0.244 e. The summed E-state index contributed by atoms with van der Waals surface area (Å²) in [6, 6.07) is 3.38. The first-order valence-corrected chi connectivity index (χ1v) is 7.30. The van der Waals surface area contributed by atoms with Crippen molar-refractivity contribution in [2.24, 2.45) is 0 Å². The molecule has 0 spiro atoms. The van der Waals surface area contributed by atoms with Crippen LogP contribution in [0.5, 0.6) is 0 Å². The van der Waals surface area contributed by atoms with Gasteiger partial charge in [0.2, 0.25) is 10.0 Å². The molecule has 7 heteroatoms. The number of hydrogen-bond acceptors (Lipinski definition) is 5. The van der Waals surface area contributed by atoms with Crippen LogP contribution < -0.4 is 10.2 Å². The van der Waals surface area contributed by atoms with Gasteiger partial charge in [0, 0.05) is 46.5 Å². The van der Waals surface area contributed by atoms with Gasteiger partial charge in [-0.1, -0.05) is 0 Å². The molecule has 6 nitrogen and oxygen atoms in total. The second kappa shape index (κ2) is 5.21. The summed E-state index contributed by atoms with van der Waals surface area (Å²) in [4.78, 5) is 6.61. The van der Waals surface area contributed by atoms with Crippen molar-refractivity contribution in [3.63, 3.8) is 0 Å². The minimum absolute atomic E-state index is 0.228. The summed E-state index contributed by atoms with van der Waals surface area (Å²) in [7, 11) is -0.358. The van der Waals surface area contributed by atoms with E-state index in [0.717, 1.165) is 32.0 Å². The third-order valence-electron chi connectivity index (χ3n) is 2.94. The van der Waals surface area contributed by atoms with E-state index in [4.69, 9.17) is 0 Å². The molecule has 0 aliphatic carbocycles. The fraction of sp³-hybridized carbons (Fsp3) is 0.545. The Hall–Kier alpha value is -1.18. The number of anilines is 1. The van der Waals surface area contributed by atoms with E-state index in [9.17, 15) is 8.42 Å². The van der Waals surface area contributed by atoms with Crippen molar-refractivity contribution in [1.82, 2.24) is 14.6 Å². The molecule has 0 saturated carbocycles. The van der Waals surface area contributed by atoms with Crippen molar-refractivity contribution in [2.75, 3.05) is 45.2 Å². The SMILES string of the molecule is CN(C)S(=O)(=O)c1ccc(N2CCNCC2)nc1. The summed E-state index contributed by atoms with van der Waals surface area (Å²) in [5.74, 6) is 0.828. The Labute approximate surface area is 108 Å². The third-order valence-corrected chi connectivity index (χ3v) is 4.74. The summed E-state index contributed by atoms with van der Waals surface area (Å²) >= 11 is 0. The minimum Gasteiger partial charge on any atom is -0.354 e. The molecule has 1 aromatic rings. The van der Waals surface area contributed by atoms with Crippen LogP contribution >= 0.6 is 0 Å². The molecule has 100 valence electrons. The van der Waals surface area contributed by atoms with Gasteiger partial charge in [-0.3, -0.25) is 0 Å². The molecule has 1 aromatic heterocycles. The van der Waals surface area contributed by atoms with E-state index in [1.54, 1.807) is 12.1 Å². The molecule has 1 aliphatic heterocycles. The Bertz CT molecular complexity index is 492. The van der Waals surface area contributed by atoms with E-state index in [1.807, 2.05) is 0 Å². The molecule has 0 atom stereocenters. The Kier molecular flexibility index (Phi) is 3.84. The summed E-state index contributed by atoms with van der Waals surface area (Å²) in [5, 5.41) is 3.26.